The van der Waals surface area contributed by atoms with Gasteiger partial charge in [0.2, 0.25) is 0 Å². The lowest BCUT2D eigenvalue weighted by atomic mass is 9.76. The van der Waals surface area contributed by atoms with Gasteiger partial charge in [0, 0.05) is 11.8 Å². The van der Waals surface area contributed by atoms with E-state index in [1.54, 1.807) is 0 Å². The van der Waals surface area contributed by atoms with Crippen LogP contribution >= 0.6 is 22.6 Å². The lowest BCUT2D eigenvalue weighted by molar-refractivity contribution is 0.254. The van der Waals surface area contributed by atoms with Gasteiger partial charge in [-0.3, -0.25) is 0 Å². The van der Waals surface area contributed by atoms with Crippen LogP contribution in [0.25, 0.3) is 0 Å². The van der Waals surface area contributed by atoms with Crippen molar-refractivity contribution in [1.82, 2.24) is 9.97 Å². The normalized spacial score (nSPS) is 27.0. The summed E-state index contributed by atoms with van der Waals surface area (Å²) in [5.41, 5.74) is 7.33. The molecule has 3 rings (SSSR count). The molecule has 4 heteroatoms. The van der Waals surface area contributed by atoms with Gasteiger partial charge in [0.15, 0.2) is 0 Å². The third kappa shape index (κ3) is 2.95. The monoisotopic (exact) mass is 385 g/mol. The molecule has 0 aliphatic heterocycles. The zero-order valence-corrected chi connectivity index (χ0v) is 14.6. The van der Waals surface area contributed by atoms with E-state index in [9.17, 15) is 0 Å². The van der Waals surface area contributed by atoms with Gasteiger partial charge in [0.25, 0.3) is 0 Å². The van der Waals surface area contributed by atoms with Crippen LogP contribution in [0.1, 0.15) is 75.7 Å². The number of aromatic nitrogens is 2. The molecule has 3 nitrogen and oxygen atoms in total. The zero-order valence-electron chi connectivity index (χ0n) is 12.4. The second kappa shape index (κ2) is 5.78. The minimum absolute atomic E-state index is 0.529. The van der Waals surface area contributed by atoms with Crippen LogP contribution in [0.5, 0.6) is 0 Å². The molecule has 0 amide bonds. The van der Waals surface area contributed by atoms with E-state index in [-0.39, 0.29) is 0 Å². The molecule has 0 bridgehead atoms. The Balaban J connectivity index is 1.78. The van der Waals surface area contributed by atoms with Gasteiger partial charge >= 0.3 is 0 Å². The Morgan fingerprint density at radius 3 is 2.15 bits per heavy atom. The van der Waals surface area contributed by atoms with Crippen molar-refractivity contribution < 1.29 is 0 Å². The first-order valence-corrected chi connectivity index (χ1v) is 8.97. The smallest absolute Gasteiger partial charge is 0.140 e. The molecular formula is C16H24IN3. The number of nitrogens with zero attached hydrogens (tertiary/aromatic N) is 2. The molecule has 0 unspecified atom stereocenters. The largest absolute Gasteiger partial charge is 0.383 e. The van der Waals surface area contributed by atoms with Gasteiger partial charge < -0.3 is 5.73 Å². The average molecular weight is 385 g/mol. The van der Waals surface area contributed by atoms with Crippen LogP contribution < -0.4 is 5.73 Å². The Bertz CT molecular complexity index is 489. The number of halogens is 1. The van der Waals surface area contributed by atoms with Crippen LogP contribution in [0.4, 0.5) is 5.82 Å². The summed E-state index contributed by atoms with van der Waals surface area (Å²) in [7, 11) is 0. The van der Waals surface area contributed by atoms with Crippen LogP contribution in [-0.4, -0.2) is 9.97 Å². The van der Waals surface area contributed by atoms with Crippen molar-refractivity contribution in [1.29, 1.82) is 0 Å². The molecule has 20 heavy (non-hydrogen) atoms. The van der Waals surface area contributed by atoms with Crippen molar-refractivity contribution in [3.8, 4) is 0 Å². The first-order valence-electron chi connectivity index (χ1n) is 7.89. The summed E-state index contributed by atoms with van der Waals surface area (Å²) in [6, 6.07) is 0. The van der Waals surface area contributed by atoms with Gasteiger partial charge in [-0.25, -0.2) is 9.97 Å². The molecule has 0 spiro atoms. The molecule has 2 saturated carbocycles. The third-order valence-corrected chi connectivity index (χ3v) is 6.07. The predicted octanol–water partition coefficient (Wildman–Crippen LogP) is 4.47. The zero-order chi connectivity index (χ0) is 14.3. The van der Waals surface area contributed by atoms with Crippen molar-refractivity contribution in [3.63, 3.8) is 0 Å². The molecule has 2 aliphatic carbocycles. The Kier molecular flexibility index (Phi) is 4.20. The summed E-state index contributed by atoms with van der Waals surface area (Å²) in [5.74, 6) is 4.59. The highest BCUT2D eigenvalue weighted by molar-refractivity contribution is 14.1. The fourth-order valence-corrected chi connectivity index (χ4v) is 4.04. The van der Waals surface area contributed by atoms with Crippen molar-refractivity contribution in [2.24, 2.45) is 11.8 Å². The van der Waals surface area contributed by atoms with E-state index < -0.39 is 0 Å². The van der Waals surface area contributed by atoms with E-state index in [2.05, 4.69) is 41.4 Å². The SMILES string of the molecule is CC(C)C1CCC(c2nc(N)c(I)c(C3CC3)n2)CC1. The van der Waals surface area contributed by atoms with Crippen LogP contribution in [0.2, 0.25) is 0 Å². The minimum atomic E-state index is 0.529. The van der Waals surface area contributed by atoms with Gasteiger partial charge in [0.05, 0.1) is 9.26 Å². The first-order chi connectivity index (χ1) is 9.56. The molecule has 2 fully saturated rings. The van der Waals surface area contributed by atoms with Crippen molar-refractivity contribution in [3.05, 3.63) is 15.1 Å². The quantitative estimate of drug-likeness (QED) is 0.781. The van der Waals surface area contributed by atoms with E-state index in [1.807, 2.05) is 0 Å². The lowest BCUT2D eigenvalue weighted by Crippen LogP contribution is -2.20. The number of nitrogen functional groups attached to an aromatic ring is 1. The molecule has 0 atom stereocenters. The van der Waals surface area contributed by atoms with E-state index in [4.69, 9.17) is 10.7 Å². The molecule has 0 aromatic carbocycles. The second-order valence-corrected chi connectivity index (χ2v) is 7.88. The second-order valence-electron chi connectivity index (χ2n) is 6.80. The average Bonchev–Trinajstić information content (AvgIpc) is 3.26. The van der Waals surface area contributed by atoms with Gasteiger partial charge in [0.1, 0.15) is 11.6 Å². The fraction of sp³-hybridized carbons (Fsp3) is 0.750. The summed E-state index contributed by atoms with van der Waals surface area (Å²) < 4.78 is 1.09. The predicted molar refractivity (Wildman–Crippen MR) is 90.7 cm³/mol. The van der Waals surface area contributed by atoms with E-state index in [0.29, 0.717) is 17.7 Å². The van der Waals surface area contributed by atoms with Crippen LogP contribution in [0, 0.1) is 15.4 Å². The number of hydrogen-bond donors (Lipinski definition) is 1. The van der Waals surface area contributed by atoms with E-state index in [0.717, 1.165) is 21.2 Å². The van der Waals surface area contributed by atoms with Gasteiger partial charge in [-0.05, 0) is 73.0 Å². The molecule has 1 heterocycles. The van der Waals surface area contributed by atoms with Gasteiger partial charge in [-0.1, -0.05) is 13.8 Å². The van der Waals surface area contributed by atoms with Crippen molar-refractivity contribution >= 4 is 28.4 Å². The summed E-state index contributed by atoms with van der Waals surface area (Å²) in [4.78, 5) is 9.49. The maximum atomic E-state index is 6.11. The molecule has 0 saturated heterocycles. The molecule has 2 aliphatic rings. The Morgan fingerprint density at radius 1 is 1.00 bits per heavy atom. The topological polar surface area (TPSA) is 51.8 Å². The summed E-state index contributed by atoms with van der Waals surface area (Å²) >= 11 is 2.31. The highest BCUT2D eigenvalue weighted by Crippen LogP contribution is 2.43. The summed E-state index contributed by atoms with van der Waals surface area (Å²) in [6.45, 7) is 4.69. The fourth-order valence-electron chi connectivity index (χ4n) is 3.36. The van der Waals surface area contributed by atoms with Crippen LogP contribution in [0.15, 0.2) is 0 Å². The first kappa shape index (κ1) is 14.5. The molecule has 110 valence electrons. The maximum absolute atomic E-state index is 6.11. The lowest BCUT2D eigenvalue weighted by Gasteiger charge is -2.30. The number of rotatable bonds is 3. The Morgan fingerprint density at radius 2 is 1.60 bits per heavy atom. The Hall–Kier alpha value is -0.390. The highest BCUT2D eigenvalue weighted by atomic mass is 127. The van der Waals surface area contributed by atoms with E-state index in [1.165, 1.54) is 44.2 Å². The molecule has 2 N–H and O–H groups in total. The van der Waals surface area contributed by atoms with Crippen molar-refractivity contribution in [2.45, 2.75) is 64.2 Å². The summed E-state index contributed by atoms with van der Waals surface area (Å²) in [5, 5.41) is 0. The molecule has 1 aromatic heterocycles. The van der Waals surface area contributed by atoms with Crippen LogP contribution in [-0.2, 0) is 0 Å². The number of anilines is 1. The molecule has 1 aromatic rings. The Labute approximate surface area is 135 Å². The molecule has 0 radical (unpaired) electrons. The van der Waals surface area contributed by atoms with Crippen LogP contribution in [0.3, 0.4) is 0 Å². The third-order valence-electron chi connectivity index (χ3n) is 4.96. The van der Waals surface area contributed by atoms with Crippen molar-refractivity contribution in [2.75, 3.05) is 5.73 Å². The van der Waals surface area contributed by atoms with Gasteiger partial charge in [-0.2, -0.15) is 0 Å². The van der Waals surface area contributed by atoms with Gasteiger partial charge in [-0.15, -0.1) is 0 Å². The molecular weight excluding hydrogens is 361 g/mol. The van der Waals surface area contributed by atoms with E-state index >= 15 is 0 Å². The number of nitrogens with two attached hydrogens (primary N) is 1. The highest BCUT2D eigenvalue weighted by Gasteiger charge is 2.31. The summed E-state index contributed by atoms with van der Waals surface area (Å²) in [6.07, 6.45) is 7.63. The number of hydrogen-bond acceptors (Lipinski definition) is 3. The standard InChI is InChI=1S/C16H24IN3/c1-9(2)10-3-7-12(8-4-10)16-19-14(11-5-6-11)13(17)15(18)20-16/h9-12H,3-8H2,1-2H3,(H2,18,19,20). The minimum Gasteiger partial charge on any atom is -0.383 e. The maximum Gasteiger partial charge on any atom is 0.140 e.